The predicted octanol–water partition coefficient (Wildman–Crippen LogP) is 2.66. The molecular weight excluding hydrogens is 310 g/mol. The van der Waals surface area contributed by atoms with Gasteiger partial charge in [0.05, 0.1) is 17.2 Å². The number of thioether (sulfide) groups is 1. The molecule has 7 heteroatoms. The Kier molecular flexibility index (Phi) is 3.91. The lowest BCUT2D eigenvalue weighted by Crippen LogP contribution is -2.12. The van der Waals surface area contributed by atoms with Gasteiger partial charge in [-0.1, -0.05) is 23.4 Å². The molecule has 3 heterocycles. The van der Waals surface area contributed by atoms with E-state index in [9.17, 15) is 4.79 Å². The Morgan fingerprint density at radius 3 is 3.10 bits per heavy atom. The molecule has 3 rings (SSSR count). The van der Waals surface area contributed by atoms with Gasteiger partial charge in [0, 0.05) is 24.1 Å². The van der Waals surface area contributed by atoms with Crippen LogP contribution < -0.4 is 10.3 Å². The van der Waals surface area contributed by atoms with Gasteiger partial charge < -0.3 is 9.72 Å². The number of H-pyrrole nitrogens is 1. The monoisotopic (exact) mass is 323 g/mol. The van der Waals surface area contributed by atoms with Crippen LogP contribution in [0.3, 0.4) is 0 Å². The molecule has 0 amide bonds. The van der Waals surface area contributed by atoms with Crippen LogP contribution in [0.2, 0.25) is 5.02 Å². The molecule has 0 aromatic carbocycles. The summed E-state index contributed by atoms with van der Waals surface area (Å²) < 4.78 is 5.36. The number of ether oxygens (including phenoxy) is 1. The van der Waals surface area contributed by atoms with Gasteiger partial charge in [0.1, 0.15) is 0 Å². The third-order valence-electron chi connectivity index (χ3n) is 3.52. The molecule has 1 aliphatic heterocycles. The molecule has 1 N–H and O–H groups in total. The minimum absolute atomic E-state index is 0.113. The normalized spacial score (nSPS) is 13.1. The number of pyridine rings is 1. The third kappa shape index (κ3) is 2.78. The molecule has 0 unspecified atom stereocenters. The first kappa shape index (κ1) is 14.4. The molecule has 5 nitrogen and oxygen atoms in total. The molecule has 0 saturated carbocycles. The molecule has 2 aromatic heterocycles. The highest BCUT2D eigenvalue weighted by Crippen LogP contribution is 2.28. The van der Waals surface area contributed by atoms with Gasteiger partial charge in [0.25, 0.3) is 5.56 Å². The molecule has 0 radical (unpaired) electrons. The zero-order chi connectivity index (χ0) is 15.0. The first-order chi connectivity index (χ1) is 10.1. The number of nitrogens with one attached hydrogen (secondary N) is 1. The van der Waals surface area contributed by atoms with Crippen molar-refractivity contribution in [3.8, 4) is 5.88 Å². The van der Waals surface area contributed by atoms with Crippen LogP contribution in [-0.4, -0.2) is 21.6 Å². The molecule has 0 bridgehead atoms. The van der Waals surface area contributed by atoms with Gasteiger partial charge in [0.2, 0.25) is 5.88 Å². The summed E-state index contributed by atoms with van der Waals surface area (Å²) in [6, 6.07) is 0. The highest BCUT2D eigenvalue weighted by atomic mass is 35.5. The number of aromatic amines is 1. The van der Waals surface area contributed by atoms with Crippen molar-refractivity contribution in [2.24, 2.45) is 0 Å². The van der Waals surface area contributed by atoms with Crippen LogP contribution in [0.4, 0.5) is 0 Å². The number of halogens is 1. The number of aryl methyl sites for hydroxylation is 1. The van der Waals surface area contributed by atoms with Crippen LogP contribution in [0, 0.1) is 13.8 Å². The maximum Gasteiger partial charge on any atom is 0.258 e. The fourth-order valence-electron chi connectivity index (χ4n) is 2.21. The second kappa shape index (κ2) is 5.69. The Morgan fingerprint density at radius 2 is 2.29 bits per heavy atom. The van der Waals surface area contributed by atoms with Gasteiger partial charge in [-0.2, -0.15) is 4.98 Å². The van der Waals surface area contributed by atoms with Crippen molar-refractivity contribution in [1.82, 2.24) is 15.0 Å². The maximum atomic E-state index is 11.9. The van der Waals surface area contributed by atoms with E-state index >= 15 is 0 Å². The molecule has 21 heavy (non-hydrogen) atoms. The van der Waals surface area contributed by atoms with E-state index in [2.05, 4.69) is 15.0 Å². The van der Waals surface area contributed by atoms with Gasteiger partial charge in [-0.05, 0) is 25.0 Å². The fourth-order valence-corrected chi connectivity index (χ4v) is 3.39. The van der Waals surface area contributed by atoms with Gasteiger partial charge in [-0.3, -0.25) is 9.78 Å². The van der Waals surface area contributed by atoms with Gasteiger partial charge >= 0.3 is 0 Å². The molecular formula is C14H14ClN3O2S. The van der Waals surface area contributed by atoms with E-state index in [-0.39, 0.29) is 5.56 Å². The Bertz CT molecular complexity index is 761. The van der Waals surface area contributed by atoms with Crippen molar-refractivity contribution < 1.29 is 4.74 Å². The zero-order valence-corrected chi connectivity index (χ0v) is 13.3. The molecule has 110 valence electrons. The second-order valence-electron chi connectivity index (χ2n) is 4.84. The summed E-state index contributed by atoms with van der Waals surface area (Å²) in [5.74, 6) is 1.10. The number of rotatable bonds is 3. The van der Waals surface area contributed by atoms with E-state index < -0.39 is 0 Å². The first-order valence-electron chi connectivity index (χ1n) is 6.55. The first-order valence-corrected chi connectivity index (χ1v) is 7.92. The number of aromatic nitrogens is 3. The van der Waals surface area contributed by atoms with E-state index in [1.165, 1.54) is 11.8 Å². The van der Waals surface area contributed by atoms with E-state index in [1.807, 2.05) is 13.8 Å². The quantitative estimate of drug-likeness (QED) is 0.694. The summed E-state index contributed by atoms with van der Waals surface area (Å²) in [6.45, 7) is 4.44. The SMILES string of the molecule is Cc1ncc(Cl)c(C)c1CSc1nc2c(c(=O)[nH]1)CCO2. The summed E-state index contributed by atoms with van der Waals surface area (Å²) in [4.78, 5) is 23.3. The fraction of sp³-hybridized carbons (Fsp3) is 0.357. The molecule has 2 aromatic rings. The smallest absolute Gasteiger partial charge is 0.258 e. The van der Waals surface area contributed by atoms with E-state index in [0.29, 0.717) is 40.4 Å². The van der Waals surface area contributed by atoms with E-state index in [4.69, 9.17) is 16.3 Å². The highest BCUT2D eigenvalue weighted by Gasteiger charge is 2.19. The standard InChI is InChI=1S/C14H14ClN3O2S/c1-7-10(8(2)16-5-11(7)15)6-21-14-17-12(19)9-3-4-20-13(9)18-14/h5H,3-4,6H2,1-2H3,(H,17,18,19). The topological polar surface area (TPSA) is 67.9 Å². The Hall–Kier alpha value is -1.53. The minimum Gasteiger partial charge on any atom is -0.477 e. The summed E-state index contributed by atoms with van der Waals surface area (Å²) in [7, 11) is 0. The van der Waals surface area contributed by atoms with Crippen molar-refractivity contribution in [3.05, 3.63) is 44.0 Å². The summed E-state index contributed by atoms with van der Waals surface area (Å²) in [5.41, 5.74) is 3.53. The zero-order valence-electron chi connectivity index (χ0n) is 11.7. The maximum absolute atomic E-state index is 11.9. The number of nitrogens with zero attached hydrogens (tertiary/aromatic N) is 2. The molecule has 1 aliphatic rings. The predicted molar refractivity (Wildman–Crippen MR) is 82.3 cm³/mol. The van der Waals surface area contributed by atoms with Crippen LogP contribution in [0.5, 0.6) is 5.88 Å². The third-order valence-corrected chi connectivity index (χ3v) is 4.80. The molecule has 0 atom stereocenters. The van der Waals surface area contributed by atoms with Crippen molar-refractivity contribution in [2.75, 3.05) is 6.61 Å². The van der Waals surface area contributed by atoms with E-state index in [1.54, 1.807) is 6.20 Å². The van der Waals surface area contributed by atoms with Gasteiger partial charge in [0.15, 0.2) is 5.16 Å². The molecule has 0 spiro atoms. The second-order valence-corrected chi connectivity index (χ2v) is 6.21. The van der Waals surface area contributed by atoms with Crippen LogP contribution >= 0.6 is 23.4 Å². The van der Waals surface area contributed by atoms with Crippen molar-refractivity contribution in [2.45, 2.75) is 31.2 Å². The molecule has 0 fully saturated rings. The van der Waals surface area contributed by atoms with Crippen molar-refractivity contribution >= 4 is 23.4 Å². The highest BCUT2D eigenvalue weighted by molar-refractivity contribution is 7.98. The van der Waals surface area contributed by atoms with Gasteiger partial charge in [-0.15, -0.1) is 0 Å². The Balaban J connectivity index is 1.85. The van der Waals surface area contributed by atoms with Crippen LogP contribution in [0.15, 0.2) is 16.1 Å². The van der Waals surface area contributed by atoms with Crippen molar-refractivity contribution in [3.63, 3.8) is 0 Å². The molecule has 0 saturated heterocycles. The van der Waals surface area contributed by atoms with E-state index in [0.717, 1.165) is 16.8 Å². The average molecular weight is 324 g/mol. The number of fused-ring (bicyclic) bond motifs is 1. The lowest BCUT2D eigenvalue weighted by Gasteiger charge is -2.10. The summed E-state index contributed by atoms with van der Waals surface area (Å²) in [6.07, 6.45) is 2.28. The van der Waals surface area contributed by atoms with Crippen LogP contribution in [0.1, 0.15) is 22.4 Å². The lowest BCUT2D eigenvalue weighted by molar-refractivity contribution is 0.342. The van der Waals surface area contributed by atoms with Crippen LogP contribution in [-0.2, 0) is 12.2 Å². The van der Waals surface area contributed by atoms with Crippen molar-refractivity contribution in [1.29, 1.82) is 0 Å². The number of hydrogen-bond donors (Lipinski definition) is 1. The Labute approximate surface area is 131 Å². The summed E-state index contributed by atoms with van der Waals surface area (Å²) in [5, 5.41) is 1.20. The van der Waals surface area contributed by atoms with Gasteiger partial charge in [-0.25, -0.2) is 0 Å². The average Bonchev–Trinajstić information content (AvgIpc) is 2.92. The number of hydrogen-bond acceptors (Lipinski definition) is 5. The Morgan fingerprint density at radius 1 is 1.48 bits per heavy atom. The largest absolute Gasteiger partial charge is 0.477 e. The summed E-state index contributed by atoms with van der Waals surface area (Å²) >= 11 is 7.55. The lowest BCUT2D eigenvalue weighted by atomic mass is 10.1. The minimum atomic E-state index is -0.113. The molecule has 0 aliphatic carbocycles. The van der Waals surface area contributed by atoms with Crippen LogP contribution in [0.25, 0.3) is 0 Å².